The van der Waals surface area contributed by atoms with Crippen molar-refractivity contribution in [3.63, 3.8) is 0 Å². The highest BCUT2D eigenvalue weighted by Crippen LogP contribution is 2.27. The first-order valence-electron chi connectivity index (χ1n) is 11.2. The van der Waals surface area contributed by atoms with Crippen LogP contribution < -0.4 is 11.2 Å². The van der Waals surface area contributed by atoms with Crippen LogP contribution in [0, 0.1) is 11.6 Å². The SMILES string of the molecule is NC(=O)c1cccc(CS(=O)(=O)N2CC=C(NOC(c3ccc(F)cc3)c3ccc(F)cc3)CC2)c1. The Hall–Kier alpha value is -3.60. The molecule has 0 unspecified atom stereocenters. The molecule has 0 spiro atoms. The number of benzene rings is 3. The van der Waals surface area contributed by atoms with Crippen molar-refractivity contribution in [1.82, 2.24) is 9.79 Å². The van der Waals surface area contributed by atoms with E-state index in [1.165, 1.54) is 40.7 Å². The Kier molecular flexibility index (Phi) is 7.78. The van der Waals surface area contributed by atoms with E-state index in [1.54, 1.807) is 42.5 Å². The molecule has 0 aromatic heterocycles. The minimum absolute atomic E-state index is 0.140. The molecule has 3 N–H and O–H groups in total. The topological polar surface area (TPSA) is 102 Å². The molecular formula is C26H25F2N3O4S. The fourth-order valence-electron chi connectivity index (χ4n) is 3.85. The number of nitrogens with two attached hydrogens (primary N) is 1. The maximum absolute atomic E-state index is 13.4. The van der Waals surface area contributed by atoms with Gasteiger partial charge in [0.1, 0.15) is 17.7 Å². The van der Waals surface area contributed by atoms with E-state index in [0.717, 1.165) is 0 Å². The van der Waals surface area contributed by atoms with Gasteiger partial charge in [-0.15, -0.1) is 0 Å². The van der Waals surface area contributed by atoms with E-state index in [0.29, 0.717) is 28.8 Å². The second-order valence-electron chi connectivity index (χ2n) is 8.36. The summed E-state index contributed by atoms with van der Waals surface area (Å²) in [5, 5.41) is 0. The van der Waals surface area contributed by atoms with Crippen molar-refractivity contribution in [3.8, 4) is 0 Å². The molecule has 0 saturated heterocycles. The molecule has 3 aromatic rings. The maximum Gasteiger partial charge on any atom is 0.248 e. The van der Waals surface area contributed by atoms with Gasteiger partial charge >= 0.3 is 0 Å². The van der Waals surface area contributed by atoms with E-state index in [4.69, 9.17) is 10.6 Å². The number of hydrogen-bond acceptors (Lipinski definition) is 5. The van der Waals surface area contributed by atoms with Crippen molar-refractivity contribution in [3.05, 3.63) is 118 Å². The second kappa shape index (κ2) is 11.0. The maximum atomic E-state index is 13.4. The quantitative estimate of drug-likeness (QED) is 0.424. The van der Waals surface area contributed by atoms with Crippen molar-refractivity contribution < 1.29 is 26.8 Å². The molecule has 1 amide bonds. The molecule has 188 valence electrons. The van der Waals surface area contributed by atoms with Gasteiger partial charge in [-0.3, -0.25) is 15.1 Å². The molecule has 1 aliphatic heterocycles. The third-order valence-electron chi connectivity index (χ3n) is 5.78. The van der Waals surface area contributed by atoms with Crippen LogP contribution in [0.2, 0.25) is 0 Å². The number of hydroxylamine groups is 1. The number of halogens is 2. The Bertz CT molecular complexity index is 1320. The fraction of sp³-hybridized carbons (Fsp3) is 0.192. The predicted octanol–water partition coefficient (Wildman–Crippen LogP) is 3.79. The highest BCUT2D eigenvalue weighted by molar-refractivity contribution is 7.88. The lowest BCUT2D eigenvalue weighted by atomic mass is 10.0. The molecule has 0 atom stereocenters. The van der Waals surface area contributed by atoms with Crippen molar-refractivity contribution in [1.29, 1.82) is 0 Å². The molecule has 1 aliphatic rings. The summed E-state index contributed by atoms with van der Waals surface area (Å²) in [6.07, 6.45) is 1.44. The van der Waals surface area contributed by atoms with Crippen molar-refractivity contribution in [2.45, 2.75) is 18.3 Å². The second-order valence-corrected chi connectivity index (χ2v) is 10.3. The molecule has 1 heterocycles. The third-order valence-corrected chi connectivity index (χ3v) is 7.60. The summed E-state index contributed by atoms with van der Waals surface area (Å²) in [7, 11) is -3.63. The Balaban J connectivity index is 1.42. The van der Waals surface area contributed by atoms with E-state index >= 15 is 0 Å². The summed E-state index contributed by atoms with van der Waals surface area (Å²) < 4.78 is 54.0. The van der Waals surface area contributed by atoms with Gasteiger partial charge in [0.05, 0.1) is 5.75 Å². The number of rotatable bonds is 9. The first kappa shape index (κ1) is 25.5. The van der Waals surface area contributed by atoms with Crippen molar-refractivity contribution in [2.75, 3.05) is 13.1 Å². The zero-order valence-corrected chi connectivity index (χ0v) is 20.0. The molecule has 0 aliphatic carbocycles. The number of amides is 1. The normalized spacial score (nSPS) is 14.5. The first-order valence-corrected chi connectivity index (χ1v) is 12.8. The lowest BCUT2D eigenvalue weighted by molar-refractivity contribution is 0.0109. The number of nitrogens with zero attached hydrogens (tertiary/aromatic N) is 1. The molecular weight excluding hydrogens is 488 g/mol. The Morgan fingerprint density at radius 1 is 1.00 bits per heavy atom. The molecule has 7 nitrogen and oxygen atoms in total. The van der Waals surface area contributed by atoms with Crippen LogP contribution >= 0.6 is 0 Å². The first-order chi connectivity index (χ1) is 17.2. The highest BCUT2D eigenvalue weighted by Gasteiger charge is 2.25. The molecule has 4 rings (SSSR count). The van der Waals surface area contributed by atoms with E-state index < -0.39 is 22.0 Å². The van der Waals surface area contributed by atoms with Crippen LogP contribution in [0.15, 0.2) is 84.6 Å². The number of hydrogen-bond donors (Lipinski definition) is 2. The molecule has 3 aromatic carbocycles. The summed E-state index contributed by atoms with van der Waals surface area (Å²) in [6.45, 7) is 0.374. The molecule has 10 heteroatoms. The molecule has 0 fully saturated rings. The van der Waals surface area contributed by atoms with Gasteiger partial charge in [0.15, 0.2) is 0 Å². The lowest BCUT2D eigenvalue weighted by Gasteiger charge is -2.27. The van der Waals surface area contributed by atoms with Crippen LogP contribution in [0.4, 0.5) is 8.78 Å². The van der Waals surface area contributed by atoms with Gasteiger partial charge in [0, 0.05) is 30.8 Å². The minimum atomic E-state index is -3.63. The zero-order chi connectivity index (χ0) is 25.7. The molecule has 0 radical (unpaired) electrons. The van der Waals surface area contributed by atoms with Gasteiger partial charge in [0.25, 0.3) is 0 Å². The largest absolute Gasteiger partial charge is 0.366 e. The molecule has 36 heavy (non-hydrogen) atoms. The standard InChI is InChI=1S/C26H25F2N3O4S/c27-22-8-4-19(5-9-22)25(20-6-10-23(28)11-7-20)35-30-24-12-14-31(15-13-24)36(33,34)17-18-2-1-3-21(16-18)26(29)32/h1-12,16,25,30H,13-15,17H2,(H2,29,32). The number of primary amides is 1. The molecule has 0 saturated carbocycles. The summed E-state index contributed by atoms with van der Waals surface area (Å²) in [5.74, 6) is -1.65. The Morgan fingerprint density at radius 3 is 2.14 bits per heavy atom. The molecule has 0 bridgehead atoms. The fourth-order valence-corrected chi connectivity index (χ4v) is 5.30. The average Bonchev–Trinajstić information content (AvgIpc) is 2.86. The monoisotopic (exact) mass is 513 g/mol. The van der Waals surface area contributed by atoms with Crippen LogP contribution in [0.25, 0.3) is 0 Å². The van der Waals surface area contributed by atoms with Gasteiger partial charge in [-0.05, 0) is 59.2 Å². The van der Waals surface area contributed by atoms with Crippen LogP contribution in [-0.4, -0.2) is 31.7 Å². The minimum Gasteiger partial charge on any atom is -0.366 e. The van der Waals surface area contributed by atoms with Crippen LogP contribution in [0.1, 0.15) is 39.6 Å². The van der Waals surface area contributed by atoms with Gasteiger partial charge in [-0.2, -0.15) is 4.31 Å². The zero-order valence-electron chi connectivity index (χ0n) is 19.2. The third kappa shape index (κ3) is 6.34. The van der Waals surface area contributed by atoms with Crippen LogP contribution in [0.3, 0.4) is 0 Å². The smallest absolute Gasteiger partial charge is 0.248 e. The Labute approximate surface area is 208 Å². The Morgan fingerprint density at radius 2 is 1.61 bits per heavy atom. The summed E-state index contributed by atoms with van der Waals surface area (Å²) in [5.41, 5.74) is 10.9. The van der Waals surface area contributed by atoms with Gasteiger partial charge in [-0.1, -0.05) is 36.4 Å². The average molecular weight is 514 g/mol. The van der Waals surface area contributed by atoms with Gasteiger partial charge < -0.3 is 5.73 Å². The number of sulfonamides is 1. The highest BCUT2D eigenvalue weighted by atomic mass is 32.2. The predicted molar refractivity (Wildman–Crippen MR) is 131 cm³/mol. The van der Waals surface area contributed by atoms with Crippen LogP contribution in [0.5, 0.6) is 0 Å². The van der Waals surface area contributed by atoms with E-state index in [2.05, 4.69) is 5.48 Å². The summed E-state index contributed by atoms with van der Waals surface area (Å²) >= 11 is 0. The summed E-state index contributed by atoms with van der Waals surface area (Å²) in [6, 6.07) is 17.8. The van der Waals surface area contributed by atoms with E-state index in [1.807, 2.05) is 0 Å². The van der Waals surface area contributed by atoms with E-state index in [9.17, 15) is 22.0 Å². The van der Waals surface area contributed by atoms with Crippen molar-refractivity contribution >= 4 is 15.9 Å². The lowest BCUT2D eigenvalue weighted by Crippen LogP contribution is -2.37. The van der Waals surface area contributed by atoms with Crippen LogP contribution in [-0.2, 0) is 20.6 Å². The van der Waals surface area contributed by atoms with Crippen molar-refractivity contribution in [2.24, 2.45) is 5.73 Å². The van der Waals surface area contributed by atoms with Gasteiger partial charge in [0.2, 0.25) is 15.9 Å². The van der Waals surface area contributed by atoms with E-state index in [-0.39, 0.29) is 36.0 Å². The number of nitrogens with one attached hydrogen (secondary N) is 1. The number of carbonyl (C=O) groups is 1. The van der Waals surface area contributed by atoms with Gasteiger partial charge in [-0.25, -0.2) is 17.2 Å². The number of carbonyl (C=O) groups excluding carboxylic acids is 1. The summed E-state index contributed by atoms with van der Waals surface area (Å²) in [4.78, 5) is 17.3.